The fourth-order valence-electron chi connectivity index (χ4n) is 2.97. The second-order valence-electron chi connectivity index (χ2n) is 6.02. The Morgan fingerprint density at radius 1 is 0.923 bits per heavy atom. The van der Waals surface area contributed by atoms with Crippen molar-refractivity contribution in [3.8, 4) is 34.5 Å². The smallest absolute Gasteiger partial charge is 0.258 e. The van der Waals surface area contributed by atoms with Crippen LogP contribution in [0.5, 0.6) is 11.5 Å². The number of aromatic nitrogens is 2. The molecule has 0 atom stereocenters. The lowest BCUT2D eigenvalue weighted by Gasteiger charge is -2.03. The van der Waals surface area contributed by atoms with E-state index in [0.717, 1.165) is 39.2 Å². The molecular weight excluding hydrogens is 332 g/mol. The van der Waals surface area contributed by atoms with E-state index in [9.17, 15) is 0 Å². The first-order chi connectivity index (χ1) is 12.6. The molecule has 6 heteroatoms. The molecule has 0 aliphatic rings. The van der Waals surface area contributed by atoms with E-state index in [0.29, 0.717) is 17.5 Å². The van der Waals surface area contributed by atoms with Crippen LogP contribution in [0.4, 0.5) is 0 Å². The number of fused-ring (bicyclic) bond motifs is 1. The summed E-state index contributed by atoms with van der Waals surface area (Å²) < 4.78 is 21.9. The predicted octanol–water partition coefficient (Wildman–Crippen LogP) is 4.78. The topological polar surface area (TPSA) is 70.5 Å². The van der Waals surface area contributed by atoms with Gasteiger partial charge in [-0.05, 0) is 55.8 Å². The van der Waals surface area contributed by atoms with Gasteiger partial charge in [-0.25, -0.2) is 0 Å². The van der Waals surface area contributed by atoms with E-state index in [-0.39, 0.29) is 0 Å². The van der Waals surface area contributed by atoms with Gasteiger partial charge in [0.2, 0.25) is 5.82 Å². The number of methoxy groups -OCH3 is 2. The first-order valence-electron chi connectivity index (χ1n) is 8.17. The Kier molecular flexibility index (Phi) is 3.88. The standard InChI is InChI=1S/C20H18N2O4/c1-11-9-13(23-3)5-7-15(11)20-21-19(22-26-20)18-12(2)16-10-14(24-4)6-8-17(16)25-18/h5-10H,1-4H3. The second kappa shape index (κ2) is 6.22. The molecule has 2 aromatic heterocycles. The number of furan rings is 1. The van der Waals surface area contributed by atoms with Crippen molar-refractivity contribution in [2.45, 2.75) is 13.8 Å². The average Bonchev–Trinajstić information content (AvgIpc) is 3.26. The number of rotatable bonds is 4. The minimum Gasteiger partial charge on any atom is -0.497 e. The van der Waals surface area contributed by atoms with Crippen LogP contribution < -0.4 is 9.47 Å². The lowest BCUT2D eigenvalue weighted by Crippen LogP contribution is -1.87. The van der Waals surface area contributed by atoms with Crippen molar-refractivity contribution in [2.75, 3.05) is 14.2 Å². The van der Waals surface area contributed by atoms with Crippen molar-refractivity contribution >= 4 is 11.0 Å². The molecule has 0 N–H and O–H groups in total. The van der Waals surface area contributed by atoms with Crippen LogP contribution in [0.15, 0.2) is 45.3 Å². The molecule has 0 radical (unpaired) electrons. The molecule has 0 amide bonds. The van der Waals surface area contributed by atoms with Crippen LogP contribution in [0.25, 0.3) is 34.0 Å². The highest BCUT2D eigenvalue weighted by molar-refractivity contribution is 5.87. The second-order valence-corrected chi connectivity index (χ2v) is 6.02. The Hall–Kier alpha value is -3.28. The number of hydrogen-bond acceptors (Lipinski definition) is 6. The number of benzene rings is 2. The summed E-state index contributed by atoms with van der Waals surface area (Å²) in [5.74, 6) is 3.01. The normalized spacial score (nSPS) is 11.1. The Labute approximate surface area is 150 Å². The fraction of sp³-hybridized carbons (Fsp3) is 0.200. The van der Waals surface area contributed by atoms with Crippen LogP contribution in [0.3, 0.4) is 0 Å². The maximum atomic E-state index is 5.94. The van der Waals surface area contributed by atoms with E-state index >= 15 is 0 Å². The molecule has 4 aromatic rings. The molecule has 0 unspecified atom stereocenters. The van der Waals surface area contributed by atoms with Crippen molar-refractivity contribution in [1.82, 2.24) is 10.1 Å². The summed E-state index contributed by atoms with van der Waals surface area (Å²) in [6.07, 6.45) is 0. The largest absolute Gasteiger partial charge is 0.497 e. The highest BCUT2D eigenvalue weighted by Gasteiger charge is 2.20. The van der Waals surface area contributed by atoms with Crippen LogP contribution in [0.2, 0.25) is 0 Å². The lowest BCUT2D eigenvalue weighted by molar-refractivity contribution is 0.414. The summed E-state index contributed by atoms with van der Waals surface area (Å²) in [5, 5.41) is 5.07. The molecule has 132 valence electrons. The Bertz CT molecular complexity index is 1090. The Balaban J connectivity index is 1.77. The molecule has 0 aliphatic carbocycles. The zero-order valence-corrected chi connectivity index (χ0v) is 15.0. The summed E-state index contributed by atoms with van der Waals surface area (Å²) in [6.45, 7) is 3.94. The quantitative estimate of drug-likeness (QED) is 0.527. The maximum Gasteiger partial charge on any atom is 0.258 e. The van der Waals surface area contributed by atoms with Gasteiger partial charge < -0.3 is 18.4 Å². The Morgan fingerprint density at radius 2 is 1.65 bits per heavy atom. The first-order valence-corrected chi connectivity index (χ1v) is 8.17. The van der Waals surface area contributed by atoms with Gasteiger partial charge in [0, 0.05) is 16.5 Å². The third kappa shape index (κ3) is 2.60. The number of ether oxygens (including phenoxy) is 2. The summed E-state index contributed by atoms with van der Waals surface area (Å²) in [5.41, 5.74) is 3.55. The van der Waals surface area contributed by atoms with Gasteiger partial charge in [-0.15, -0.1) is 0 Å². The minimum absolute atomic E-state index is 0.419. The number of aryl methyl sites for hydroxylation is 2. The van der Waals surface area contributed by atoms with Crippen LogP contribution >= 0.6 is 0 Å². The van der Waals surface area contributed by atoms with E-state index in [1.807, 2.05) is 50.2 Å². The zero-order valence-electron chi connectivity index (χ0n) is 15.0. The molecule has 2 aromatic carbocycles. The van der Waals surface area contributed by atoms with Gasteiger partial charge in [-0.1, -0.05) is 5.16 Å². The summed E-state index contributed by atoms with van der Waals surface area (Å²) in [7, 11) is 3.28. The van der Waals surface area contributed by atoms with Gasteiger partial charge in [0.15, 0.2) is 5.76 Å². The zero-order chi connectivity index (χ0) is 18.3. The summed E-state index contributed by atoms with van der Waals surface area (Å²) >= 11 is 0. The van der Waals surface area contributed by atoms with E-state index in [1.165, 1.54) is 0 Å². The molecule has 4 rings (SSSR count). The van der Waals surface area contributed by atoms with E-state index in [4.69, 9.17) is 18.4 Å². The van der Waals surface area contributed by atoms with E-state index in [2.05, 4.69) is 10.1 Å². The number of nitrogens with zero attached hydrogens (tertiary/aromatic N) is 2. The summed E-state index contributed by atoms with van der Waals surface area (Å²) in [4.78, 5) is 4.52. The van der Waals surface area contributed by atoms with Gasteiger partial charge in [-0.2, -0.15) is 4.98 Å². The van der Waals surface area contributed by atoms with Crippen molar-refractivity contribution in [3.05, 3.63) is 47.5 Å². The fourth-order valence-corrected chi connectivity index (χ4v) is 2.97. The lowest BCUT2D eigenvalue weighted by atomic mass is 10.1. The van der Waals surface area contributed by atoms with Crippen molar-refractivity contribution in [3.63, 3.8) is 0 Å². The summed E-state index contributed by atoms with van der Waals surface area (Å²) in [6, 6.07) is 11.4. The molecule has 0 saturated carbocycles. The highest BCUT2D eigenvalue weighted by Crippen LogP contribution is 2.35. The average molecular weight is 350 g/mol. The van der Waals surface area contributed by atoms with E-state index < -0.39 is 0 Å². The van der Waals surface area contributed by atoms with Crippen LogP contribution in [-0.2, 0) is 0 Å². The highest BCUT2D eigenvalue weighted by atomic mass is 16.5. The molecule has 0 bridgehead atoms. The minimum atomic E-state index is 0.419. The van der Waals surface area contributed by atoms with Crippen LogP contribution in [0, 0.1) is 13.8 Å². The van der Waals surface area contributed by atoms with Crippen molar-refractivity contribution < 1.29 is 18.4 Å². The maximum absolute atomic E-state index is 5.94. The van der Waals surface area contributed by atoms with Gasteiger partial charge in [0.25, 0.3) is 5.89 Å². The third-order valence-corrected chi connectivity index (χ3v) is 4.44. The van der Waals surface area contributed by atoms with Crippen molar-refractivity contribution in [2.24, 2.45) is 0 Å². The van der Waals surface area contributed by atoms with Gasteiger partial charge in [0.1, 0.15) is 17.1 Å². The predicted molar refractivity (Wildman–Crippen MR) is 97.5 cm³/mol. The van der Waals surface area contributed by atoms with Gasteiger partial charge in [-0.3, -0.25) is 0 Å². The van der Waals surface area contributed by atoms with E-state index in [1.54, 1.807) is 14.2 Å². The molecule has 2 heterocycles. The molecule has 0 aliphatic heterocycles. The molecule has 0 saturated heterocycles. The third-order valence-electron chi connectivity index (χ3n) is 4.44. The first kappa shape index (κ1) is 16.2. The molecule has 0 spiro atoms. The van der Waals surface area contributed by atoms with Crippen LogP contribution in [0.1, 0.15) is 11.1 Å². The van der Waals surface area contributed by atoms with Crippen molar-refractivity contribution in [1.29, 1.82) is 0 Å². The molecule has 0 fully saturated rings. The molecular formula is C20H18N2O4. The van der Waals surface area contributed by atoms with Crippen LogP contribution in [-0.4, -0.2) is 24.4 Å². The Morgan fingerprint density at radius 3 is 2.38 bits per heavy atom. The number of hydrogen-bond donors (Lipinski definition) is 0. The van der Waals surface area contributed by atoms with Gasteiger partial charge >= 0.3 is 0 Å². The molecule has 26 heavy (non-hydrogen) atoms. The van der Waals surface area contributed by atoms with Gasteiger partial charge in [0.05, 0.1) is 14.2 Å². The molecule has 6 nitrogen and oxygen atoms in total. The SMILES string of the molecule is COc1ccc(-c2nc(-c3oc4ccc(OC)cc4c3C)no2)c(C)c1. The monoisotopic (exact) mass is 350 g/mol.